The standard InChI is InChI=1S/C16H21N3/c1-13-10-18-19(12-13)9-8-17-11-15-4-2-3-5-16(15)14-6-7-14/h2-5,10,12,14,17H,6-9,11H2,1H3. The molecule has 0 amide bonds. The highest BCUT2D eigenvalue weighted by molar-refractivity contribution is 5.33. The highest BCUT2D eigenvalue weighted by atomic mass is 15.3. The summed E-state index contributed by atoms with van der Waals surface area (Å²) in [4.78, 5) is 0. The second kappa shape index (κ2) is 5.57. The van der Waals surface area contributed by atoms with E-state index in [9.17, 15) is 0 Å². The van der Waals surface area contributed by atoms with Crippen LogP contribution in [0.3, 0.4) is 0 Å². The molecule has 1 aliphatic carbocycles. The lowest BCUT2D eigenvalue weighted by atomic mass is 10.0. The van der Waals surface area contributed by atoms with Gasteiger partial charge in [-0.15, -0.1) is 0 Å². The zero-order chi connectivity index (χ0) is 13.1. The summed E-state index contributed by atoms with van der Waals surface area (Å²) in [6.07, 6.45) is 6.72. The smallest absolute Gasteiger partial charge is 0.0534 e. The molecule has 3 rings (SSSR count). The summed E-state index contributed by atoms with van der Waals surface area (Å²) < 4.78 is 2.00. The van der Waals surface area contributed by atoms with Crippen LogP contribution in [-0.4, -0.2) is 16.3 Å². The molecule has 1 aromatic carbocycles. The Hall–Kier alpha value is -1.61. The lowest BCUT2D eigenvalue weighted by Crippen LogP contribution is -2.20. The first kappa shape index (κ1) is 12.4. The lowest BCUT2D eigenvalue weighted by Gasteiger charge is -2.10. The van der Waals surface area contributed by atoms with E-state index in [4.69, 9.17) is 0 Å². The van der Waals surface area contributed by atoms with Gasteiger partial charge in [0.2, 0.25) is 0 Å². The van der Waals surface area contributed by atoms with Gasteiger partial charge in [0.15, 0.2) is 0 Å². The van der Waals surface area contributed by atoms with Crippen LogP contribution in [0.25, 0.3) is 0 Å². The molecule has 1 N–H and O–H groups in total. The molecule has 1 heterocycles. The third-order valence-electron chi connectivity index (χ3n) is 3.67. The third-order valence-corrected chi connectivity index (χ3v) is 3.67. The van der Waals surface area contributed by atoms with Gasteiger partial charge >= 0.3 is 0 Å². The summed E-state index contributed by atoms with van der Waals surface area (Å²) >= 11 is 0. The van der Waals surface area contributed by atoms with Gasteiger partial charge in [0.1, 0.15) is 0 Å². The Balaban J connectivity index is 1.49. The largest absolute Gasteiger partial charge is 0.311 e. The van der Waals surface area contributed by atoms with E-state index in [2.05, 4.69) is 47.8 Å². The maximum absolute atomic E-state index is 4.29. The van der Waals surface area contributed by atoms with Crippen LogP contribution in [0.2, 0.25) is 0 Å². The maximum atomic E-state index is 4.29. The maximum Gasteiger partial charge on any atom is 0.0534 e. The molecule has 0 atom stereocenters. The summed E-state index contributed by atoms with van der Waals surface area (Å²) in [7, 11) is 0. The van der Waals surface area contributed by atoms with Gasteiger partial charge in [0.25, 0.3) is 0 Å². The highest BCUT2D eigenvalue weighted by Crippen LogP contribution is 2.41. The highest BCUT2D eigenvalue weighted by Gasteiger charge is 2.25. The van der Waals surface area contributed by atoms with Gasteiger partial charge < -0.3 is 5.32 Å². The van der Waals surface area contributed by atoms with Crippen molar-refractivity contribution in [3.05, 3.63) is 53.3 Å². The second-order valence-electron chi connectivity index (χ2n) is 5.43. The van der Waals surface area contributed by atoms with Crippen molar-refractivity contribution >= 4 is 0 Å². The van der Waals surface area contributed by atoms with Gasteiger partial charge in [-0.25, -0.2) is 0 Å². The first-order valence-corrected chi connectivity index (χ1v) is 7.10. The predicted octanol–water partition coefficient (Wildman–Crippen LogP) is 2.86. The molecule has 3 heteroatoms. The molecule has 0 unspecified atom stereocenters. The fraction of sp³-hybridized carbons (Fsp3) is 0.438. The van der Waals surface area contributed by atoms with E-state index in [1.165, 1.54) is 24.0 Å². The number of rotatable bonds is 6. The summed E-state index contributed by atoms with van der Waals surface area (Å²) in [6.45, 7) is 4.93. The van der Waals surface area contributed by atoms with Crippen molar-refractivity contribution in [2.75, 3.05) is 6.54 Å². The van der Waals surface area contributed by atoms with Crippen LogP contribution < -0.4 is 5.32 Å². The fourth-order valence-corrected chi connectivity index (χ4v) is 2.49. The third kappa shape index (κ3) is 3.24. The zero-order valence-electron chi connectivity index (χ0n) is 11.5. The van der Waals surface area contributed by atoms with Crippen LogP contribution in [0.15, 0.2) is 36.7 Å². The van der Waals surface area contributed by atoms with Crippen molar-refractivity contribution < 1.29 is 0 Å². The minimum absolute atomic E-state index is 0.826. The Labute approximate surface area is 114 Å². The van der Waals surface area contributed by atoms with E-state index in [1.807, 2.05) is 10.9 Å². The number of nitrogens with one attached hydrogen (secondary N) is 1. The Morgan fingerprint density at radius 3 is 2.89 bits per heavy atom. The van der Waals surface area contributed by atoms with Crippen molar-refractivity contribution in [1.82, 2.24) is 15.1 Å². The van der Waals surface area contributed by atoms with Gasteiger partial charge in [0.05, 0.1) is 12.7 Å². The molecule has 1 fully saturated rings. The van der Waals surface area contributed by atoms with Crippen LogP contribution in [0.5, 0.6) is 0 Å². The molecule has 0 saturated heterocycles. The Kier molecular flexibility index (Phi) is 3.65. The molecule has 1 aliphatic rings. The second-order valence-corrected chi connectivity index (χ2v) is 5.43. The van der Waals surface area contributed by atoms with E-state index >= 15 is 0 Å². The minimum atomic E-state index is 0.826. The molecule has 0 spiro atoms. The first-order valence-electron chi connectivity index (χ1n) is 7.10. The van der Waals surface area contributed by atoms with Gasteiger partial charge in [-0.3, -0.25) is 4.68 Å². The van der Waals surface area contributed by atoms with Crippen LogP contribution in [-0.2, 0) is 13.1 Å². The van der Waals surface area contributed by atoms with Gasteiger partial charge in [-0.2, -0.15) is 5.10 Å². The van der Waals surface area contributed by atoms with E-state index in [1.54, 1.807) is 5.56 Å². The number of hydrogen-bond donors (Lipinski definition) is 1. The molecule has 0 bridgehead atoms. The summed E-state index contributed by atoms with van der Waals surface area (Å²) in [5.74, 6) is 0.826. The van der Waals surface area contributed by atoms with Crippen molar-refractivity contribution in [1.29, 1.82) is 0 Å². The average Bonchev–Trinajstić information content (AvgIpc) is 3.19. The number of aromatic nitrogens is 2. The summed E-state index contributed by atoms with van der Waals surface area (Å²) in [5, 5.41) is 7.81. The zero-order valence-corrected chi connectivity index (χ0v) is 11.5. The van der Waals surface area contributed by atoms with Crippen LogP contribution >= 0.6 is 0 Å². The predicted molar refractivity (Wildman–Crippen MR) is 77.1 cm³/mol. The molecule has 0 radical (unpaired) electrons. The molecular formula is C16H21N3. The molecule has 100 valence electrons. The number of hydrogen-bond acceptors (Lipinski definition) is 2. The SMILES string of the molecule is Cc1cnn(CCNCc2ccccc2C2CC2)c1. The van der Waals surface area contributed by atoms with Crippen molar-refractivity contribution in [2.24, 2.45) is 0 Å². The molecule has 1 aromatic heterocycles. The Bertz CT molecular complexity index is 540. The number of benzene rings is 1. The normalized spacial score (nSPS) is 14.8. The van der Waals surface area contributed by atoms with Gasteiger partial charge in [0, 0.05) is 19.3 Å². The monoisotopic (exact) mass is 255 g/mol. The van der Waals surface area contributed by atoms with Crippen molar-refractivity contribution in [2.45, 2.75) is 38.8 Å². The van der Waals surface area contributed by atoms with Crippen molar-refractivity contribution in [3.8, 4) is 0 Å². The number of nitrogens with zero attached hydrogens (tertiary/aromatic N) is 2. The van der Waals surface area contributed by atoms with E-state index in [0.717, 1.165) is 25.6 Å². The number of aryl methyl sites for hydroxylation is 1. The minimum Gasteiger partial charge on any atom is -0.311 e. The summed E-state index contributed by atoms with van der Waals surface area (Å²) in [6, 6.07) is 8.83. The van der Waals surface area contributed by atoms with Gasteiger partial charge in [-0.05, 0) is 42.4 Å². The summed E-state index contributed by atoms with van der Waals surface area (Å²) in [5.41, 5.74) is 4.23. The Morgan fingerprint density at radius 2 is 2.16 bits per heavy atom. The van der Waals surface area contributed by atoms with E-state index < -0.39 is 0 Å². The van der Waals surface area contributed by atoms with Crippen LogP contribution in [0.1, 0.15) is 35.4 Å². The van der Waals surface area contributed by atoms with E-state index in [0.29, 0.717) is 0 Å². The molecule has 3 nitrogen and oxygen atoms in total. The first-order chi connectivity index (χ1) is 9.33. The fourth-order valence-electron chi connectivity index (χ4n) is 2.49. The van der Waals surface area contributed by atoms with Crippen LogP contribution in [0, 0.1) is 6.92 Å². The molecule has 1 saturated carbocycles. The molecular weight excluding hydrogens is 234 g/mol. The molecule has 2 aromatic rings. The topological polar surface area (TPSA) is 29.9 Å². The lowest BCUT2D eigenvalue weighted by molar-refractivity contribution is 0.553. The molecule has 0 aliphatic heterocycles. The molecule has 19 heavy (non-hydrogen) atoms. The quantitative estimate of drug-likeness (QED) is 0.804. The van der Waals surface area contributed by atoms with Crippen LogP contribution in [0.4, 0.5) is 0 Å². The van der Waals surface area contributed by atoms with Gasteiger partial charge in [-0.1, -0.05) is 24.3 Å². The average molecular weight is 255 g/mol. The van der Waals surface area contributed by atoms with E-state index in [-0.39, 0.29) is 0 Å². The Morgan fingerprint density at radius 1 is 1.32 bits per heavy atom. The van der Waals surface area contributed by atoms with Crippen molar-refractivity contribution in [3.63, 3.8) is 0 Å².